The van der Waals surface area contributed by atoms with Crippen LogP contribution in [-0.2, 0) is 4.79 Å². The topological polar surface area (TPSA) is 70.7 Å². The van der Waals surface area contributed by atoms with Crippen LogP contribution in [0.5, 0.6) is 5.75 Å². The number of likely N-dealkylation sites (N-methyl/N-ethyl adjacent to an activating group) is 1. The van der Waals surface area contributed by atoms with Crippen LogP contribution in [0.4, 0.5) is 5.69 Å². The van der Waals surface area contributed by atoms with Crippen molar-refractivity contribution in [2.24, 2.45) is 0 Å². The molecule has 0 radical (unpaired) electrons. The fourth-order valence-corrected chi connectivity index (χ4v) is 1.78. The highest BCUT2D eigenvalue weighted by atomic mass is 16.5. The third-order valence-corrected chi connectivity index (χ3v) is 2.73. The number of hydrogen-bond acceptors (Lipinski definition) is 4. The predicted octanol–water partition coefficient (Wildman–Crippen LogP) is 0.309. The van der Waals surface area contributed by atoms with E-state index in [1.165, 1.54) is 0 Å². The first-order valence-electron chi connectivity index (χ1n) is 6.06. The lowest BCUT2D eigenvalue weighted by molar-refractivity contribution is -0.118. The molecule has 1 aliphatic heterocycles. The van der Waals surface area contributed by atoms with Gasteiger partial charge in [0.2, 0.25) is 0 Å². The van der Waals surface area contributed by atoms with Crippen LogP contribution in [0, 0.1) is 0 Å². The van der Waals surface area contributed by atoms with Crippen molar-refractivity contribution in [1.29, 1.82) is 0 Å². The maximum Gasteiger partial charge on any atom is 0.262 e. The highest BCUT2D eigenvalue weighted by molar-refractivity contribution is 6.03. The lowest BCUT2D eigenvalue weighted by atomic mass is 10.1. The third-order valence-electron chi connectivity index (χ3n) is 2.73. The molecule has 1 heterocycles. The largest absolute Gasteiger partial charge is 0.481 e. The molecule has 19 heavy (non-hydrogen) atoms. The van der Waals surface area contributed by atoms with Crippen molar-refractivity contribution in [1.82, 2.24) is 10.2 Å². The van der Waals surface area contributed by atoms with Gasteiger partial charge in [-0.15, -0.1) is 0 Å². The summed E-state index contributed by atoms with van der Waals surface area (Å²) in [5, 5.41) is 5.50. The van der Waals surface area contributed by atoms with Crippen molar-refractivity contribution in [2.75, 3.05) is 39.1 Å². The molecule has 0 spiro atoms. The molecule has 0 aromatic heterocycles. The summed E-state index contributed by atoms with van der Waals surface area (Å²) in [5.41, 5.74) is 0.979. The van der Waals surface area contributed by atoms with Gasteiger partial charge < -0.3 is 20.3 Å². The zero-order chi connectivity index (χ0) is 13.8. The Labute approximate surface area is 111 Å². The average Bonchev–Trinajstić information content (AvgIpc) is 2.37. The number of amides is 2. The molecular weight excluding hydrogens is 246 g/mol. The van der Waals surface area contributed by atoms with E-state index >= 15 is 0 Å². The standard InChI is InChI=1S/C13H17N3O3/c1-16(2)7-6-14-13(18)9-4-3-5-10-12(9)19-8-11(17)15-10/h3-5H,6-8H2,1-2H3,(H,14,18)(H,15,17). The van der Waals surface area contributed by atoms with E-state index < -0.39 is 0 Å². The van der Waals surface area contributed by atoms with Gasteiger partial charge in [-0.05, 0) is 26.2 Å². The summed E-state index contributed by atoms with van der Waals surface area (Å²) in [4.78, 5) is 25.3. The van der Waals surface area contributed by atoms with Gasteiger partial charge in [0.05, 0.1) is 11.3 Å². The SMILES string of the molecule is CN(C)CCNC(=O)c1cccc2c1OCC(=O)N2. The van der Waals surface area contributed by atoms with E-state index in [1.54, 1.807) is 18.2 Å². The molecule has 2 amide bonds. The average molecular weight is 263 g/mol. The van der Waals surface area contributed by atoms with Crippen molar-refractivity contribution >= 4 is 17.5 Å². The van der Waals surface area contributed by atoms with E-state index in [1.807, 2.05) is 19.0 Å². The van der Waals surface area contributed by atoms with Gasteiger partial charge in [-0.25, -0.2) is 0 Å². The van der Waals surface area contributed by atoms with Gasteiger partial charge in [-0.2, -0.15) is 0 Å². The number of benzene rings is 1. The molecule has 0 bridgehead atoms. The number of nitrogens with one attached hydrogen (secondary N) is 2. The summed E-state index contributed by atoms with van der Waals surface area (Å²) in [6.45, 7) is 1.26. The molecular formula is C13H17N3O3. The van der Waals surface area contributed by atoms with Crippen LogP contribution in [0.3, 0.4) is 0 Å². The zero-order valence-electron chi connectivity index (χ0n) is 11.0. The Morgan fingerprint density at radius 2 is 2.26 bits per heavy atom. The van der Waals surface area contributed by atoms with E-state index in [0.29, 0.717) is 23.5 Å². The Bertz CT molecular complexity index is 500. The number of nitrogens with zero attached hydrogens (tertiary/aromatic N) is 1. The van der Waals surface area contributed by atoms with Crippen molar-refractivity contribution in [3.05, 3.63) is 23.8 Å². The number of hydrogen-bond donors (Lipinski definition) is 2. The van der Waals surface area contributed by atoms with Crippen LogP contribution >= 0.6 is 0 Å². The van der Waals surface area contributed by atoms with E-state index in [9.17, 15) is 9.59 Å². The molecule has 6 heteroatoms. The monoisotopic (exact) mass is 263 g/mol. The number of fused-ring (bicyclic) bond motifs is 1. The fraction of sp³-hybridized carbons (Fsp3) is 0.385. The first kappa shape index (κ1) is 13.4. The molecule has 0 unspecified atom stereocenters. The van der Waals surface area contributed by atoms with Crippen LogP contribution in [-0.4, -0.2) is 50.5 Å². The van der Waals surface area contributed by atoms with E-state index in [2.05, 4.69) is 10.6 Å². The molecule has 2 rings (SSSR count). The minimum Gasteiger partial charge on any atom is -0.481 e. The summed E-state index contributed by atoms with van der Waals surface area (Å²) in [6.07, 6.45) is 0. The Kier molecular flexibility index (Phi) is 4.01. The normalized spacial score (nSPS) is 13.5. The minimum absolute atomic E-state index is 0.0605. The smallest absolute Gasteiger partial charge is 0.262 e. The van der Waals surface area contributed by atoms with Crippen LogP contribution < -0.4 is 15.4 Å². The second kappa shape index (κ2) is 5.71. The molecule has 1 aromatic rings. The van der Waals surface area contributed by atoms with Gasteiger partial charge >= 0.3 is 0 Å². The molecule has 0 aliphatic carbocycles. The number of para-hydroxylation sites is 1. The maximum atomic E-state index is 12.1. The maximum absolute atomic E-state index is 12.1. The molecule has 0 saturated carbocycles. The van der Waals surface area contributed by atoms with Crippen LogP contribution in [0.15, 0.2) is 18.2 Å². The number of anilines is 1. The molecule has 2 N–H and O–H groups in total. The summed E-state index contributed by atoms with van der Waals surface area (Å²) in [7, 11) is 3.88. The number of ether oxygens (including phenoxy) is 1. The molecule has 6 nitrogen and oxygen atoms in total. The van der Waals surface area contributed by atoms with Gasteiger partial charge in [0.1, 0.15) is 0 Å². The Morgan fingerprint density at radius 3 is 3.00 bits per heavy atom. The van der Waals surface area contributed by atoms with Gasteiger partial charge in [0, 0.05) is 13.1 Å². The first-order chi connectivity index (χ1) is 9.08. The van der Waals surface area contributed by atoms with Crippen molar-refractivity contribution < 1.29 is 14.3 Å². The highest BCUT2D eigenvalue weighted by Gasteiger charge is 2.22. The molecule has 1 aliphatic rings. The first-order valence-corrected chi connectivity index (χ1v) is 6.06. The predicted molar refractivity (Wildman–Crippen MR) is 71.5 cm³/mol. The molecule has 1 aromatic carbocycles. The van der Waals surface area contributed by atoms with E-state index in [4.69, 9.17) is 4.74 Å². The van der Waals surface area contributed by atoms with Gasteiger partial charge in [0.25, 0.3) is 11.8 Å². The Balaban J connectivity index is 2.10. The number of carbonyl (C=O) groups is 2. The number of rotatable bonds is 4. The molecule has 0 atom stereocenters. The van der Waals surface area contributed by atoms with Crippen LogP contribution in [0.1, 0.15) is 10.4 Å². The second-order valence-electron chi connectivity index (χ2n) is 4.58. The highest BCUT2D eigenvalue weighted by Crippen LogP contribution is 2.31. The van der Waals surface area contributed by atoms with E-state index in [0.717, 1.165) is 6.54 Å². The second-order valence-corrected chi connectivity index (χ2v) is 4.58. The van der Waals surface area contributed by atoms with Crippen LogP contribution in [0.2, 0.25) is 0 Å². The third kappa shape index (κ3) is 3.23. The molecule has 102 valence electrons. The Hall–Kier alpha value is -2.08. The van der Waals surface area contributed by atoms with Gasteiger partial charge in [-0.1, -0.05) is 6.07 Å². The summed E-state index contributed by atoms with van der Waals surface area (Å²) >= 11 is 0. The summed E-state index contributed by atoms with van der Waals surface area (Å²) in [5.74, 6) is 0.0250. The van der Waals surface area contributed by atoms with Crippen molar-refractivity contribution in [3.63, 3.8) is 0 Å². The lowest BCUT2D eigenvalue weighted by Gasteiger charge is -2.20. The van der Waals surface area contributed by atoms with Gasteiger partial charge in [-0.3, -0.25) is 9.59 Å². The summed E-state index contributed by atoms with van der Waals surface area (Å²) < 4.78 is 5.33. The lowest BCUT2D eigenvalue weighted by Crippen LogP contribution is -2.33. The minimum atomic E-state index is -0.210. The summed E-state index contributed by atoms with van der Waals surface area (Å²) in [6, 6.07) is 5.11. The number of carbonyl (C=O) groups excluding carboxylic acids is 2. The van der Waals surface area contributed by atoms with Crippen molar-refractivity contribution in [2.45, 2.75) is 0 Å². The Morgan fingerprint density at radius 1 is 1.47 bits per heavy atom. The fourth-order valence-electron chi connectivity index (χ4n) is 1.78. The zero-order valence-corrected chi connectivity index (χ0v) is 11.0. The molecule has 0 fully saturated rings. The van der Waals surface area contributed by atoms with Crippen LogP contribution in [0.25, 0.3) is 0 Å². The molecule has 0 saturated heterocycles. The quantitative estimate of drug-likeness (QED) is 0.820. The van der Waals surface area contributed by atoms with Crippen molar-refractivity contribution in [3.8, 4) is 5.75 Å². The van der Waals surface area contributed by atoms with E-state index in [-0.39, 0.29) is 18.4 Å². The van der Waals surface area contributed by atoms with Gasteiger partial charge in [0.15, 0.2) is 12.4 Å².